The highest BCUT2D eigenvalue weighted by Gasteiger charge is 2.18. The first-order valence-corrected chi connectivity index (χ1v) is 5.08. The van der Waals surface area contributed by atoms with Gasteiger partial charge in [0.1, 0.15) is 0 Å². The summed E-state index contributed by atoms with van der Waals surface area (Å²) in [4.78, 5) is 0. The molecule has 2 nitrogen and oxygen atoms in total. The standard InChI is InChI=1S/C12H13BO2/c1-2-6-12(7-3-1)8-4-5-9-13-14-10-11-15-13/h1-9H,10-11H2/b8-4+,9-5-. The van der Waals surface area contributed by atoms with Crippen LogP contribution in [0.1, 0.15) is 5.56 Å². The summed E-state index contributed by atoms with van der Waals surface area (Å²) in [5.74, 6) is 1.91. The fourth-order valence-corrected chi connectivity index (χ4v) is 1.37. The minimum absolute atomic E-state index is 0.162. The van der Waals surface area contributed by atoms with Crippen molar-refractivity contribution in [1.29, 1.82) is 0 Å². The van der Waals surface area contributed by atoms with Gasteiger partial charge in [0, 0.05) is 0 Å². The quantitative estimate of drug-likeness (QED) is 0.550. The molecule has 0 bridgehead atoms. The molecule has 0 radical (unpaired) electrons. The third-order valence-electron chi connectivity index (χ3n) is 2.12. The zero-order valence-electron chi connectivity index (χ0n) is 8.50. The zero-order valence-corrected chi connectivity index (χ0v) is 8.50. The second kappa shape index (κ2) is 5.54. The van der Waals surface area contributed by atoms with E-state index in [2.05, 4.69) is 12.1 Å². The molecule has 15 heavy (non-hydrogen) atoms. The molecule has 3 heteroatoms. The van der Waals surface area contributed by atoms with Gasteiger partial charge in [-0.25, -0.2) is 0 Å². The van der Waals surface area contributed by atoms with Crippen LogP contribution in [-0.2, 0) is 9.31 Å². The van der Waals surface area contributed by atoms with Crippen LogP contribution in [-0.4, -0.2) is 20.3 Å². The lowest BCUT2D eigenvalue weighted by molar-refractivity contribution is 0.365. The van der Waals surface area contributed by atoms with Gasteiger partial charge in [0.05, 0.1) is 13.2 Å². The van der Waals surface area contributed by atoms with Crippen molar-refractivity contribution in [2.45, 2.75) is 0 Å². The molecule has 0 N–H and O–H groups in total. The first kappa shape index (κ1) is 10.2. The SMILES string of the molecule is C(=C/B1OCCO1)/C=C/c1ccccc1. The first-order chi connectivity index (χ1) is 7.45. The number of allylic oxidation sites excluding steroid dienone is 2. The Morgan fingerprint density at radius 3 is 2.47 bits per heavy atom. The Labute approximate surface area is 90.4 Å². The Morgan fingerprint density at radius 1 is 1.00 bits per heavy atom. The van der Waals surface area contributed by atoms with E-state index in [4.69, 9.17) is 9.31 Å². The van der Waals surface area contributed by atoms with E-state index in [9.17, 15) is 0 Å². The van der Waals surface area contributed by atoms with Gasteiger partial charge in [0.25, 0.3) is 0 Å². The maximum absolute atomic E-state index is 5.26. The number of hydrogen-bond donors (Lipinski definition) is 0. The smallest absolute Gasteiger partial charge is 0.405 e. The van der Waals surface area contributed by atoms with Crippen LogP contribution in [0.2, 0.25) is 0 Å². The van der Waals surface area contributed by atoms with Gasteiger partial charge in [0.15, 0.2) is 0 Å². The van der Waals surface area contributed by atoms with Crippen molar-refractivity contribution in [3.05, 3.63) is 54.0 Å². The van der Waals surface area contributed by atoms with Gasteiger partial charge in [-0.3, -0.25) is 0 Å². The molecule has 2 rings (SSSR count). The molecule has 1 heterocycles. The van der Waals surface area contributed by atoms with Crippen LogP contribution in [0.25, 0.3) is 6.08 Å². The second-order valence-electron chi connectivity index (χ2n) is 3.26. The molecule has 0 aromatic heterocycles. The van der Waals surface area contributed by atoms with Gasteiger partial charge in [-0.2, -0.15) is 0 Å². The molecule has 1 aliphatic rings. The fourth-order valence-electron chi connectivity index (χ4n) is 1.37. The van der Waals surface area contributed by atoms with Gasteiger partial charge in [-0.1, -0.05) is 54.5 Å². The molecular formula is C12H13BO2. The fraction of sp³-hybridized carbons (Fsp3) is 0.167. The Hall–Kier alpha value is -1.32. The number of rotatable bonds is 3. The third kappa shape index (κ3) is 3.38. The molecule has 1 aliphatic heterocycles. The largest absolute Gasteiger partial charge is 0.486 e. The van der Waals surface area contributed by atoms with Crippen molar-refractivity contribution in [3.8, 4) is 0 Å². The van der Waals surface area contributed by atoms with Gasteiger partial charge in [-0.15, -0.1) is 0 Å². The monoisotopic (exact) mass is 200 g/mol. The molecule has 1 aromatic rings. The van der Waals surface area contributed by atoms with Crippen LogP contribution in [0.15, 0.2) is 48.5 Å². The summed E-state index contributed by atoms with van der Waals surface area (Å²) in [6.45, 7) is 1.38. The van der Waals surface area contributed by atoms with Crippen LogP contribution in [0.3, 0.4) is 0 Å². The third-order valence-corrected chi connectivity index (χ3v) is 2.12. The van der Waals surface area contributed by atoms with Crippen molar-refractivity contribution in [3.63, 3.8) is 0 Å². The van der Waals surface area contributed by atoms with Gasteiger partial charge in [-0.05, 0) is 5.56 Å². The summed E-state index contributed by atoms with van der Waals surface area (Å²) < 4.78 is 10.5. The van der Waals surface area contributed by atoms with Gasteiger partial charge in [0.2, 0.25) is 0 Å². The second-order valence-corrected chi connectivity index (χ2v) is 3.26. The highest BCUT2D eigenvalue weighted by Crippen LogP contribution is 2.03. The lowest BCUT2D eigenvalue weighted by Gasteiger charge is -1.93. The van der Waals surface area contributed by atoms with E-state index in [0.29, 0.717) is 13.2 Å². The van der Waals surface area contributed by atoms with Gasteiger partial charge >= 0.3 is 7.12 Å². The molecule has 76 valence electrons. The van der Waals surface area contributed by atoms with E-state index >= 15 is 0 Å². The van der Waals surface area contributed by atoms with E-state index in [1.54, 1.807) is 0 Å². The predicted molar refractivity (Wildman–Crippen MR) is 62.3 cm³/mol. The van der Waals surface area contributed by atoms with E-state index in [1.165, 1.54) is 5.56 Å². The summed E-state index contributed by atoms with van der Waals surface area (Å²) in [7, 11) is -0.162. The van der Waals surface area contributed by atoms with E-state index in [0.717, 1.165) is 0 Å². The molecule has 1 aromatic carbocycles. The highest BCUT2D eigenvalue weighted by molar-refractivity contribution is 6.51. The zero-order chi connectivity index (χ0) is 10.3. The summed E-state index contributed by atoms with van der Waals surface area (Å²) in [5, 5.41) is 0. The lowest BCUT2D eigenvalue weighted by Crippen LogP contribution is -2.09. The van der Waals surface area contributed by atoms with E-state index in [-0.39, 0.29) is 7.12 Å². The minimum Gasteiger partial charge on any atom is -0.405 e. The van der Waals surface area contributed by atoms with Crippen molar-refractivity contribution in [2.75, 3.05) is 13.2 Å². The Bertz CT molecular complexity index is 340. The summed E-state index contributed by atoms with van der Waals surface area (Å²) >= 11 is 0. The maximum Gasteiger partial charge on any atom is 0.486 e. The Balaban J connectivity index is 1.84. The molecule has 1 saturated heterocycles. The van der Waals surface area contributed by atoms with Crippen molar-refractivity contribution in [2.24, 2.45) is 0 Å². The topological polar surface area (TPSA) is 18.5 Å². The minimum atomic E-state index is -0.162. The van der Waals surface area contributed by atoms with Crippen LogP contribution in [0.4, 0.5) is 0 Å². The molecule has 0 atom stereocenters. The average Bonchev–Trinajstić information content (AvgIpc) is 2.79. The molecule has 1 fully saturated rings. The maximum atomic E-state index is 5.26. The highest BCUT2D eigenvalue weighted by atomic mass is 16.6. The van der Waals surface area contributed by atoms with Crippen LogP contribution < -0.4 is 0 Å². The predicted octanol–water partition coefficient (Wildman–Crippen LogP) is 2.33. The summed E-state index contributed by atoms with van der Waals surface area (Å²) in [5.41, 5.74) is 1.19. The molecule has 0 unspecified atom stereocenters. The Kier molecular flexibility index (Phi) is 3.77. The molecule has 0 amide bonds. The molecule has 0 saturated carbocycles. The van der Waals surface area contributed by atoms with E-state index in [1.807, 2.05) is 42.4 Å². The Morgan fingerprint density at radius 2 is 1.73 bits per heavy atom. The summed E-state index contributed by atoms with van der Waals surface area (Å²) in [6, 6.07) is 10.2. The van der Waals surface area contributed by atoms with Crippen molar-refractivity contribution >= 4 is 13.2 Å². The molecular weight excluding hydrogens is 187 g/mol. The first-order valence-electron chi connectivity index (χ1n) is 5.08. The van der Waals surface area contributed by atoms with Crippen LogP contribution in [0.5, 0.6) is 0 Å². The molecule has 0 aliphatic carbocycles. The summed E-state index contributed by atoms with van der Waals surface area (Å²) in [6.07, 6.45) is 5.98. The van der Waals surface area contributed by atoms with Crippen molar-refractivity contribution in [1.82, 2.24) is 0 Å². The van der Waals surface area contributed by atoms with Crippen LogP contribution >= 0.6 is 0 Å². The lowest BCUT2D eigenvalue weighted by atomic mass is 9.90. The number of hydrogen-bond acceptors (Lipinski definition) is 2. The average molecular weight is 200 g/mol. The normalized spacial score (nSPS) is 16.9. The number of benzene rings is 1. The van der Waals surface area contributed by atoms with Crippen molar-refractivity contribution < 1.29 is 9.31 Å². The van der Waals surface area contributed by atoms with Crippen LogP contribution in [0, 0.1) is 0 Å². The van der Waals surface area contributed by atoms with E-state index < -0.39 is 0 Å². The molecule has 0 spiro atoms. The van der Waals surface area contributed by atoms with Gasteiger partial charge < -0.3 is 9.31 Å².